The van der Waals surface area contributed by atoms with Crippen LogP contribution in [0.2, 0.25) is 0 Å². The summed E-state index contributed by atoms with van der Waals surface area (Å²) in [5.41, 5.74) is 2.68. The number of hydrogen-bond donors (Lipinski definition) is 0. The van der Waals surface area contributed by atoms with E-state index in [1.165, 1.54) is 23.1 Å². The molecule has 0 aliphatic carbocycles. The third-order valence-electron chi connectivity index (χ3n) is 4.61. The SMILES string of the molecule is CCOc1ccccc1-n1c(=S)sc2c(=O)n(-c3ccccc3C)c(SCC#N)nc21. The lowest BCUT2D eigenvalue weighted by Crippen LogP contribution is -2.22. The molecule has 4 rings (SSSR count). The Hall–Kier alpha value is -2.93. The van der Waals surface area contributed by atoms with Crippen molar-refractivity contribution in [1.29, 1.82) is 5.26 Å². The zero-order chi connectivity index (χ0) is 22.0. The normalized spacial score (nSPS) is 10.9. The van der Waals surface area contributed by atoms with E-state index in [1.54, 1.807) is 9.13 Å². The second-order valence-corrected chi connectivity index (χ2v) is 9.11. The summed E-state index contributed by atoms with van der Waals surface area (Å²) >= 11 is 8.08. The van der Waals surface area contributed by atoms with Crippen LogP contribution in [-0.2, 0) is 0 Å². The Kier molecular flexibility index (Phi) is 6.23. The maximum absolute atomic E-state index is 13.6. The number of aromatic nitrogens is 3. The summed E-state index contributed by atoms with van der Waals surface area (Å²) in [6.45, 7) is 4.36. The van der Waals surface area contributed by atoms with Crippen molar-refractivity contribution in [2.45, 2.75) is 19.0 Å². The smallest absolute Gasteiger partial charge is 0.278 e. The largest absolute Gasteiger partial charge is 0.492 e. The van der Waals surface area contributed by atoms with E-state index >= 15 is 0 Å². The maximum Gasteiger partial charge on any atom is 0.278 e. The number of fused-ring (bicyclic) bond motifs is 1. The third-order valence-corrected chi connectivity index (χ3v) is 6.76. The highest BCUT2D eigenvalue weighted by molar-refractivity contribution is 7.99. The van der Waals surface area contributed by atoms with Crippen molar-refractivity contribution in [3.05, 3.63) is 68.4 Å². The van der Waals surface area contributed by atoms with Gasteiger partial charge in [0, 0.05) is 0 Å². The molecule has 31 heavy (non-hydrogen) atoms. The lowest BCUT2D eigenvalue weighted by atomic mass is 10.2. The van der Waals surface area contributed by atoms with Crippen molar-refractivity contribution < 1.29 is 4.74 Å². The molecule has 0 aliphatic rings. The average Bonchev–Trinajstić information content (AvgIpc) is 3.10. The molecule has 0 fully saturated rings. The minimum atomic E-state index is -0.205. The van der Waals surface area contributed by atoms with Gasteiger partial charge in [-0.1, -0.05) is 53.4 Å². The molecule has 0 N–H and O–H groups in total. The van der Waals surface area contributed by atoms with Crippen LogP contribution in [-0.4, -0.2) is 26.5 Å². The minimum Gasteiger partial charge on any atom is -0.492 e. The summed E-state index contributed by atoms with van der Waals surface area (Å²) in [6, 6.07) is 17.3. The molecule has 9 heteroatoms. The highest BCUT2D eigenvalue weighted by atomic mass is 32.2. The summed E-state index contributed by atoms with van der Waals surface area (Å²) in [5, 5.41) is 9.58. The Labute approximate surface area is 192 Å². The summed E-state index contributed by atoms with van der Waals surface area (Å²) in [4.78, 5) is 18.4. The first-order chi connectivity index (χ1) is 15.1. The van der Waals surface area contributed by atoms with E-state index < -0.39 is 0 Å². The standard InChI is InChI=1S/C22H18N4O2S3/c1-3-28-17-11-7-6-10-16(17)25-19-18(31-22(25)29)20(27)26(21(24-19)30-13-12-23)15-9-5-4-8-14(15)2/h4-11H,3,13H2,1-2H3. The van der Waals surface area contributed by atoms with Crippen LogP contribution in [0.15, 0.2) is 58.5 Å². The fourth-order valence-corrected chi connectivity index (χ4v) is 5.24. The highest BCUT2D eigenvalue weighted by Gasteiger charge is 2.21. The zero-order valence-corrected chi connectivity index (χ0v) is 19.3. The summed E-state index contributed by atoms with van der Waals surface area (Å²) < 4.78 is 10.1. The Bertz CT molecular complexity index is 1430. The molecule has 2 heterocycles. The predicted molar refractivity (Wildman–Crippen MR) is 128 cm³/mol. The monoisotopic (exact) mass is 466 g/mol. The molecular weight excluding hydrogens is 448 g/mol. The Morgan fingerprint density at radius 3 is 2.58 bits per heavy atom. The molecule has 4 aromatic rings. The first kappa shape index (κ1) is 21.3. The van der Waals surface area contributed by atoms with Gasteiger partial charge in [-0.25, -0.2) is 4.98 Å². The lowest BCUT2D eigenvalue weighted by molar-refractivity contribution is 0.339. The van der Waals surface area contributed by atoms with Gasteiger partial charge in [0.2, 0.25) is 0 Å². The number of thiazole rings is 1. The second kappa shape index (κ2) is 9.06. The molecule has 0 saturated carbocycles. The minimum absolute atomic E-state index is 0.171. The Balaban J connectivity index is 2.06. The van der Waals surface area contributed by atoms with E-state index in [2.05, 4.69) is 6.07 Å². The van der Waals surface area contributed by atoms with Gasteiger partial charge < -0.3 is 4.74 Å². The van der Waals surface area contributed by atoms with Crippen LogP contribution < -0.4 is 10.3 Å². The first-order valence-electron chi connectivity index (χ1n) is 9.53. The Morgan fingerprint density at radius 2 is 1.87 bits per heavy atom. The van der Waals surface area contributed by atoms with E-state index in [1.807, 2.05) is 62.4 Å². The van der Waals surface area contributed by atoms with Crippen molar-refractivity contribution >= 4 is 45.7 Å². The molecule has 0 spiro atoms. The van der Waals surface area contributed by atoms with E-state index in [0.29, 0.717) is 31.8 Å². The van der Waals surface area contributed by atoms with Gasteiger partial charge in [-0.05, 0) is 49.8 Å². The number of thioether (sulfide) groups is 1. The van der Waals surface area contributed by atoms with Crippen molar-refractivity contribution in [3.63, 3.8) is 0 Å². The molecule has 2 aromatic carbocycles. The Morgan fingerprint density at radius 1 is 1.16 bits per heavy atom. The molecule has 0 atom stereocenters. The second-order valence-electron chi connectivity index (χ2n) is 6.53. The zero-order valence-electron chi connectivity index (χ0n) is 16.9. The fourth-order valence-electron chi connectivity index (χ4n) is 3.29. The molecule has 6 nitrogen and oxygen atoms in total. The van der Waals surface area contributed by atoms with Crippen molar-refractivity contribution in [1.82, 2.24) is 14.1 Å². The number of rotatable bonds is 6. The van der Waals surface area contributed by atoms with Gasteiger partial charge in [0.15, 0.2) is 14.8 Å². The molecule has 0 radical (unpaired) electrons. The molecule has 0 bridgehead atoms. The predicted octanol–water partition coefficient (Wildman–Crippen LogP) is 5.29. The molecule has 156 valence electrons. The van der Waals surface area contributed by atoms with Crippen LogP contribution >= 0.6 is 35.3 Å². The van der Waals surface area contributed by atoms with E-state index in [4.69, 9.17) is 27.2 Å². The quantitative estimate of drug-likeness (QED) is 0.218. The van der Waals surface area contributed by atoms with Crippen LogP contribution in [0.25, 0.3) is 21.7 Å². The van der Waals surface area contributed by atoms with E-state index in [0.717, 1.165) is 16.9 Å². The van der Waals surface area contributed by atoms with Crippen molar-refractivity contribution in [2.24, 2.45) is 0 Å². The van der Waals surface area contributed by atoms with Gasteiger partial charge in [0.1, 0.15) is 10.4 Å². The molecule has 0 amide bonds. The molecule has 0 aliphatic heterocycles. The van der Waals surface area contributed by atoms with Crippen LogP contribution in [0.1, 0.15) is 12.5 Å². The highest BCUT2D eigenvalue weighted by Crippen LogP contribution is 2.31. The van der Waals surface area contributed by atoms with Crippen LogP contribution in [0.5, 0.6) is 5.75 Å². The summed E-state index contributed by atoms with van der Waals surface area (Å²) in [7, 11) is 0. The molecule has 0 saturated heterocycles. The van der Waals surface area contributed by atoms with Gasteiger partial charge >= 0.3 is 0 Å². The summed E-state index contributed by atoms with van der Waals surface area (Å²) in [6.07, 6.45) is 0. The fraction of sp³-hybridized carbons (Fsp3) is 0.182. The topological polar surface area (TPSA) is 72.8 Å². The lowest BCUT2D eigenvalue weighted by Gasteiger charge is -2.15. The van der Waals surface area contributed by atoms with Gasteiger partial charge in [0.05, 0.1) is 29.8 Å². The first-order valence-corrected chi connectivity index (χ1v) is 11.7. The third kappa shape index (κ3) is 3.90. The van der Waals surface area contributed by atoms with Gasteiger partial charge in [-0.3, -0.25) is 13.9 Å². The summed E-state index contributed by atoms with van der Waals surface area (Å²) in [5.74, 6) is 0.835. The number of hydrogen-bond acceptors (Lipinski definition) is 7. The molecular formula is C22H18N4O2S3. The van der Waals surface area contributed by atoms with Crippen LogP contribution in [0, 0.1) is 22.2 Å². The average molecular weight is 467 g/mol. The van der Waals surface area contributed by atoms with Gasteiger partial charge in [-0.2, -0.15) is 5.26 Å². The number of para-hydroxylation sites is 3. The van der Waals surface area contributed by atoms with Gasteiger partial charge in [-0.15, -0.1) is 0 Å². The van der Waals surface area contributed by atoms with Crippen LogP contribution in [0.4, 0.5) is 0 Å². The van der Waals surface area contributed by atoms with Crippen LogP contribution in [0.3, 0.4) is 0 Å². The number of ether oxygens (including phenoxy) is 1. The number of aryl methyl sites for hydroxylation is 1. The molecule has 2 aromatic heterocycles. The van der Waals surface area contributed by atoms with Crippen molar-refractivity contribution in [2.75, 3.05) is 12.4 Å². The van der Waals surface area contributed by atoms with Crippen molar-refractivity contribution in [3.8, 4) is 23.2 Å². The maximum atomic E-state index is 13.6. The van der Waals surface area contributed by atoms with Gasteiger partial charge in [0.25, 0.3) is 5.56 Å². The number of nitriles is 1. The molecule has 0 unspecified atom stereocenters. The van der Waals surface area contributed by atoms with E-state index in [9.17, 15) is 4.79 Å². The number of nitrogens with zero attached hydrogens (tertiary/aromatic N) is 4. The number of benzene rings is 2. The van der Waals surface area contributed by atoms with E-state index in [-0.39, 0.29) is 11.3 Å².